The van der Waals surface area contributed by atoms with Crippen molar-refractivity contribution in [2.45, 2.75) is 56.4 Å². The van der Waals surface area contributed by atoms with E-state index in [-0.39, 0.29) is 0 Å². The Balaban J connectivity index is 1.91. The van der Waals surface area contributed by atoms with E-state index in [1.807, 2.05) is 11.8 Å². The average Bonchev–Trinajstić information content (AvgIpc) is 2.53. The molecule has 1 saturated carbocycles. The molecule has 112 valence electrons. The lowest BCUT2D eigenvalue weighted by Gasteiger charge is -2.31. The number of hydrogen-bond donors (Lipinski definition) is 1. The molecule has 0 amide bonds. The minimum absolute atomic E-state index is 0.469. The van der Waals surface area contributed by atoms with Gasteiger partial charge < -0.3 is 10.1 Å². The average molecular weight is 293 g/mol. The fraction of sp³-hybridized carbons (Fsp3) is 0.647. The second kappa shape index (κ2) is 7.94. The zero-order valence-electron chi connectivity index (χ0n) is 12.9. The summed E-state index contributed by atoms with van der Waals surface area (Å²) in [5, 5.41) is 4.74. The van der Waals surface area contributed by atoms with Gasteiger partial charge in [-0.25, -0.2) is 0 Å². The number of rotatable bonds is 6. The molecule has 1 aromatic rings. The van der Waals surface area contributed by atoms with Gasteiger partial charge in [0, 0.05) is 17.3 Å². The summed E-state index contributed by atoms with van der Waals surface area (Å²) < 4.78 is 5.23. The third-order valence-electron chi connectivity index (χ3n) is 4.37. The van der Waals surface area contributed by atoms with Crippen molar-refractivity contribution >= 4 is 11.8 Å². The third kappa shape index (κ3) is 4.16. The molecule has 0 aliphatic heterocycles. The number of methoxy groups -OCH3 is 1. The van der Waals surface area contributed by atoms with Gasteiger partial charge in [-0.15, -0.1) is 0 Å². The molecule has 1 aliphatic carbocycles. The number of ether oxygens (including phenoxy) is 1. The van der Waals surface area contributed by atoms with Crippen LogP contribution in [0, 0.1) is 0 Å². The highest BCUT2D eigenvalue weighted by atomic mass is 32.2. The summed E-state index contributed by atoms with van der Waals surface area (Å²) in [6.45, 7) is 2.26. The van der Waals surface area contributed by atoms with E-state index in [9.17, 15) is 0 Å². The molecule has 2 nitrogen and oxygen atoms in total. The highest BCUT2D eigenvalue weighted by Crippen LogP contribution is 2.29. The predicted molar refractivity (Wildman–Crippen MR) is 88.7 cm³/mol. The second-order valence-corrected chi connectivity index (χ2v) is 6.75. The molecule has 0 spiro atoms. The molecule has 1 aliphatic rings. The van der Waals surface area contributed by atoms with Crippen LogP contribution in [-0.4, -0.2) is 24.7 Å². The first-order chi connectivity index (χ1) is 9.76. The monoisotopic (exact) mass is 293 g/mol. The summed E-state index contributed by atoms with van der Waals surface area (Å²) in [7, 11) is 1.72. The van der Waals surface area contributed by atoms with Gasteiger partial charge in [-0.3, -0.25) is 0 Å². The van der Waals surface area contributed by atoms with E-state index in [4.69, 9.17) is 4.74 Å². The standard InChI is InChI=1S/C17H27NOS/c1-4-17(13-5-9-15(19-2)10-6-13)18-14-7-11-16(20-3)12-8-14/h5-6,9-10,14,16-18H,4,7-8,11-12H2,1-3H3. The van der Waals surface area contributed by atoms with E-state index in [2.05, 4.69) is 42.8 Å². The highest BCUT2D eigenvalue weighted by Gasteiger charge is 2.22. The van der Waals surface area contributed by atoms with E-state index < -0.39 is 0 Å². The second-order valence-electron chi connectivity index (χ2n) is 5.61. The van der Waals surface area contributed by atoms with E-state index in [0.29, 0.717) is 12.1 Å². The summed E-state index contributed by atoms with van der Waals surface area (Å²) in [5.41, 5.74) is 1.38. The van der Waals surface area contributed by atoms with Crippen molar-refractivity contribution in [2.24, 2.45) is 0 Å². The molecule has 0 radical (unpaired) electrons. The van der Waals surface area contributed by atoms with Crippen LogP contribution in [0.15, 0.2) is 24.3 Å². The van der Waals surface area contributed by atoms with Gasteiger partial charge in [0.15, 0.2) is 0 Å². The molecule has 1 atom stereocenters. The van der Waals surface area contributed by atoms with Crippen LogP contribution in [0.3, 0.4) is 0 Å². The number of nitrogens with one attached hydrogen (secondary N) is 1. The molecular formula is C17H27NOS. The zero-order chi connectivity index (χ0) is 14.4. The highest BCUT2D eigenvalue weighted by molar-refractivity contribution is 7.99. The first kappa shape index (κ1) is 15.7. The SMILES string of the molecule is CCC(NC1CCC(SC)CC1)c1ccc(OC)cc1. The Morgan fingerprint density at radius 2 is 1.85 bits per heavy atom. The molecule has 3 heteroatoms. The topological polar surface area (TPSA) is 21.3 Å². The van der Waals surface area contributed by atoms with Crippen LogP contribution in [0.5, 0.6) is 5.75 Å². The van der Waals surface area contributed by atoms with E-state index in [1.54, 1.807) is 7.11 Å². The molecule has 0 saturated heterocycles. The molecule has 0 aromatic heterocycles. The van der Waals surface area contributed by atoms with Gasteiger partial charge in [0.25, 0.3) is 0 Å². The number of benzene rings is 1. The van der Waals surface area contributed by atoms with Gasteiger partial charge in [-0.05, 0) is 56.1 Å². The van der Waals surface area contributed by atoms with Crippen molar-refractivity contribution in [3.63, 3.8) is 0 Å². The smallest absolute Gasteiger partial charge is 0.118 e. The fourth-order valence-electron chi connectivity index (χ4n) is 3.04. The summed E-state index contributed by atoms with van der Waals surface area (Å²) in [6, 6.07) is 9.65. The number of hydrogen-bond acceptors (Lipinski definition) is 3. The van der Waals surface area contributed by atoms with Crippen molar-refractivity contribution in [3.05, 3.63) is 29.8 Å². The molecule has 0 heterocycles. The minimum Gasteiger partial charge on any atom is -0.497 e. The Kier molecular flexibility index (Phi) is 6.24. The van der Waals surface area contributed by atoms with Gasteiger partial charge in [-0.2, -0.15) is 11.8 Å². The minimum atomic E-state index is 0.469. The zero-order valence-corrected chi connectivity index (χ0v) is 13.7. The normalized spacial score (nSPS) is 24.4. The summed E-state index contributed by atoms with van der Waals surface area (Å²) in [6.07, 6.45) is 8.73. The van der Waals surface area contributed by atoms with Gasteiger partial charge in [0.05, 0.1) is 7.11 Å². The molecule has 1 N–H and O–H groups in total. The summed E-state index contributed by atoms with van der Waals surface area (Å²) >= 11 is 2.03. The Bertz CT molecular complexity index is 384. The van der Waals surface area contributed by atoms with Crippen LogP contribution in [0.25, 0.3) is 0 Å². The summed E-state index contributed by atoms with van der Waals surface area (Å²) in [5.74, 6) is 0.934. The maximum atomic E-state index is 5.23. The maximum absolute atomic E-state index is 5.23. The van der Waals surface area contributed by atoms with Gasteiger partial charge in [0.1, 0.15) is 5.75 Å². The third-order valence-corrected chi connectivity index (χ3v) is 5.51. The van der Waals surface area contributed by atoms with Crippen molar-refractivity contribution < 1.29 is 4.74 Å². The van der Waals surface area contributed by atoms with Crippen LogP contribution in [0.4, 0.5) is 0 Å². The van der Waals surface area contributed by atoms with Crippen molar-refractivity contribution in [1.82, 2.24) is 5.32 Å². The lowest BCUT2D eigenvalue weighted by molar-refractivity contribution is 0.339. The van der Waals surface area contributed by atoms with Crippen LogP contribution in [-0.2, 0) is 0 Å². The van der Waals surface area contributed by atoms with E-state index >= 15 is 0 Å². The predicted octanol–water partition coefficient (Wildman–Crippen LogP) is 4.41. The summed E-state index contributed by atoms with van der Waals surface area (Å²) in [4.78, 5) is 0. The maximum Gasteiger partial charge on any atom is 0.118 e. The van der Waals surface area contributed by atoms with Crippen molar-refractivity contribution in [1.29, 1.82) is 0 Å². The fourth-order valence-corrected chi connectivity index (χ4v) is 3.78. The van der Waals surface area contributed by atoms with Crippen LogP contribution < -0.4 is 10.1 Å². The van der Waals surface area contributed by atoms with Crippen LogP contribution >= 0.6 is 11.8 Å². The first-order valence-corrected chi connectivity index (χ1v) is 8.98. The Hall–Kier alpha value is -0.670. The molecule has 20 heavy (non-hydrogen) atoms. The number of thioether (sulfide) groups is 1. The molecule has 1 unspecified atom stereocenters. The van der Waals surface area contributed by atoms with Crippen LogP contribution in [0.2, 0.25) is 0 Å². The molecular weight excluding hydrogens is 266 g/mol. The van der Waals surface area contributed by atoms with Crippen molar-refractivity contribution in [2.75, 3.05) is 13.4 Å². The largest absolute Gasteiger partial charge is 0.497 e. The van der Waals surface area contributed by atoms with Gasteiger partial charge in [-0.1, -0.05) is 19.1 Å². The Morgan fingerprint density at radius 1 is 1.20 bits per heavy atom. The lowest BCUT2D eigenvalue weighted by Crippen LogP contribution is -2.36. The molecule has 2 rings (SSSR count). The van der Waals surface area contributed by atoms with E-state index in [1.165, 1.54) is 31.2 Å². The van der Waals surface area contributed by atoms with Crippen molar-refractivity contribution in [3.8, 4) is 5.75 Å². The Morgan fingerprint density at radius 3 is 2.35 bits per heavy atom. The molecule has 0 bridgehead atoms. The Labute approximate surface area is 127 Å². The lowest BCUT2D eigenvalue weighted by atomic mass is 9.93. The van der Waals surface area contributed by atoms with Gasteiger partial charge >= 0.3 is 0 Å². The first-order valence-electron chi connectivity index (χ1n) is 7.69. The molecule has 1 aromatic carbocycles. The quantitative estimate of drug-likeness (QED) is 0.839. The van der Waals surface area contributed by atoms with Gasteiger partial charge in [0.2, 0.25) is 0 Å². The molecule has 1 fully saturated rings. The van der Waals surface area contributed by atoms with Crippen LogP contribution in [0.1, 0.15) is 50.6 Å². The van der Waals surface area contributed by atoms with E-state index in [0.717, 1.165) is 17.4 Å².